The van der Waals surface area contributed by atoms with Gasteiger partial charge in [0.05, 0.1) is 11.7 Å². The van der Waals surface area contributed by atoms with Gasteiger partial charge in [-0.2, -0.15) is 13.2 Å². The molecule has 17 heteroatoms. The molecular formula is C20H14F7N5O5. The molecule has 6 N–H and O–H groups in total. The number of benzene rings is 2. The molecule has 0 amide bonds. The molecule has 0 aliphatic carbocycles. The predicted octanol–water partition coefficient (Wildman–Crippen LogP) is 3.65. The van der Waals surface area contributed by atoms with Crippen LogP contribution in [0.2, 0.25) is 0 Å². The zero-order valence-electron chi connectivity index (χ0n) is 17.9. The molecule has 1 aliphatic heterocycles. The first-order valence-electron chi connectivity index (χ1n) is 9.64. The number of anilines is 1. The van der Waals surface area contributed by atoms with Gasteiger partial charge in [-0.05, 0) is 36.4 Å². The average Bonchev–Trinajstić information content (AvgIpc) is 3.16. The van der Waals surface area contributed by atoms with Crippen LogP contribution in [0.15, 0.2) is 68.7 Å². The SMILES string of the molecule is NC1(c2ccc3oc(=O)[nH]c3c2)NC(Nc2ccc(OC(F)(F)F)cc2)=NC=C1F.O=C(O)C(F)(F)F. The fourth-order valence-electron chi connectivity index (χ4n) is 2.85. The van der Waals surface area contributed by atoms with E-state index in [1.165, 1.54) is 30.3 Å². The number of aliphatic imine (C=N–C) groups is 1. The fraction of sp³-hybridized carbons (Fsp3) is 0.150. The summed E-state index contributed by atoms with van der Waals surface area (Å²) >= 11 is 0. The molecule has 1 aromatic heterocycles. The quantitative estimate of drug-likeness (QED) is 0.317. The van der Waals surface area contributed by atoms with Crippen molar-refractivity contribution in [3.8, 4) is 5.75 Å². The van der Waals surface area contributed by atoms with Crippen LogP contribution < -0.4 is 26.9 Å². The Morgan fingerprint density at radius 2 is 1.73 bits per heavy atom. The van der Waals surface area contributed by atoms with Crippen molar-refractivity contribution in [2.45, 2.75) is 18.2 Å². The number of oxazole rings is 1. The lowest BCUT2D eigenvalue weighted by Crippen LogP contribution is -2.56. The Hall–Kier alpha value is -4.54. The number of hydrogen-bond donors (Lipinski definition) is 5. The number of carboxylic acids is 1. The number of aromatic nitrogens is 1. The predicted molar refractivity (Wildman–Crippen MR) is 113 cm³/mol. The van der Waals surface area contributed by atoms with Crippen molar-refractivity contribution in [1.29, 1.82) is 0 Å². The van der Waals surface area contributed by atoms with Crippen LogP contribution in [0.3, 0.4) is 0 Å². The van der Waals surface area contributed by atoms with Gasteiger partial charge in [0, 0.05) is 11.3 Å². The molecule has 0 fully saturated rings. The lowest BCUT2D eigenvalue weighted by molar-refractivity contribution is -0.274. The summed E-state index contributed by atoms with van der Waals surface area (Å²) < 4.78 is 91.8. The van der Waals surface area contributed by atoms with E-state index in [4.69, 9.17) is 20.1 Å². The zero-order valence-corrected chi connectivity index (χ0v) is 17.9. The van der Waals surface area contributed by atoms with Gasteiger partial charge in [-0.3, -0.25) is 10.7 Å². The normalized spacial score (nSPS) is 17.6. The van der Waals surface area contributed by atoms with Crippen molar-refractivity contribution in [3.63, 3.8) is 0 Å². The zero-order chi connectivity index (χ0) is 27.6. The molecular weight excluding hydrogens is 523 g/mol. The van der Waals surface area contributed by atoms with Gasteiger partial charge in [-0.15, -0.1) is 13.2 Å². The van der Waals surface area contributed by atoms with Gasteiger partial charge >= 0.3 is 24.3 Å². The molecule has 0 saturated heterocycles. The Balaban J connectivity index is 0.000000479. The van der Waals surface area contributed by atoms with Gasteiger partial charge in [-0.25, -0.2) is 19.0 Å². The minimum absolute atomic E-state index is 0.0455. The van der Waals surface area contributed by atoms with E-state index >= 15 is 0 Å². The van der Waals surface area contributed by atoms with Crippen LogP contribution in [-0.4, -0.2) is 34.6 Å². The highest BCUT2D eigenvalue weighted by molar-refractivity contribution is 5.95. The van der Waals surface area contributed by atoms with Gasteiger partial charge in [-0.1, -0.05) is 6.07 Å². The maximum Gasteiger partial charge on any atom is 0.573 e. The van der Waals surface area contributed by atoms with Crippen LogP contribution in [0, 0.1) is 0 Å². The van der Waals surface area contributed by atoms with Crippen molar-refractivity contribution >= 4 is 28.7 Å². The second-order valence-corrected chi connectivity index (χ2v) is 7.11. The third-order valence-corrected chi connectivity index (χ3v) is 4.47. The number of H-pyrrole nitrogens is 1. The van der Waals surface area contributed by atoms with Crippen molar-refractivity contribution in [2.24, 2.45) is 10.7 Å². The first-order chi connectivity index (χ1) is 17.1. The molecule has 4 rings (SSSR count). The van der Waals surface area contributed by atoms with Crippen LogP contribution in [0.25, 0.3) is 11.1 Å². The van der Waals surface area contributed by atoms with Crippen molar-refractivity contribution < 1.29 is 49.8 Å². The molecule has 10 nitrogen and oxygen atoms in total. The van der Waals surface area contributed by atoms with Crippen LogP contribution in [0.5, 0.6) is 5.75 Å². The Kier molecular flexibility index (Phi) is 7.20. The largest absolute Gasteiger partial charge is 0.573 e. The molecule has 2 heterocycles. The first-order valence-corrected chi connectivity index (χ1v) is 9.64. The van der Waals surface area contributed by atoms with Gasteiger partial charge < -0.3 is 24.9 Å². The standard InChI is InChI=1S/C18H13F4N5O3.C2HF3O2/c19-14-8-24-15(25-10-2-4-11(5-3-10)30-18(20,21)22)27-17(14,23)9-1-6-13-12(7-9)26-16(28)29-13;3-2(4,5)1(6)7/h1-8H,23H2,(H,26,28)(H2,24,25,27);(H,6,7). The Bertz CT molecular complexity index is 1410. The van der Waals surface area contributed by atoms with Crippen molar-refractivity contribution in [3.05, 3.63) is 70.6 Å². The molecule has 198 valence electrons. The minimum Gasteiger partial charge on any atom is -0.475 e. The minimum atomic E-state index is -5.08. The highest BCUT2D eigenvalue weighted by atomic mass is 19.4. The average molecular weight is 537 g/mol. The van der Waals surface area contributed by atoms with E-state index in [0.717, 1.165) is 18.3 Å². The van der Waals surface area contributed by atoms with Crippen LogP contribution in [0.1, 0.15) is 5.56 Å². The Morgan fingerprint density at radius 3 is 2.30 bits per heavy atom. The second-order valence-electron chi connectivity index (χ2n) is 7.11. The monoisotopic (exact) mass is 537 g/mol. The summed E-state index contributed by atoms with van der Waals surface area (Å²) in [6.07, 6.45) is -8.98. The number of rotatable bonds is 3. The number of nitrogens with zero attached hydrogens (tertiary/aromatic N) is 1. The van der Waals surface area contributed by atoms with E-state index in [1.54, 1.807) is 0 Å². The number of halogens is 7. The highest BCUT2D eigenvalue weighted by Crippen LogP contribution is 2.30. The number of carbonyl (C=O) groups is 1. The lowest BCUT2D eigenvalue weighted by Gasteiger charge is -2.33. The molecule has 0 radical (unpaired) electrons. The molecule has 3 aromatic rings. The molecule has 1 unspecified atom stereocenters. The summed E-state index contributed by atoms with van der Waals surface area (Å²) in [7, 11) is 0. The van der Waals surface area contributed by atoms with E-state index in [0.29, 0.717) is 11.2 Å². The highest BCUT2D eigenvalue weighted by Gasteiger charge is 2.38. The third-order valence-electron chi connectivity index (χ3n) is 4.47. The van der Waals surface area contributed by atoms with E-state index in [-0.39, 0.29) is 17.1 Å². The topological polar surface area (TPSA) is 155 Å². The lowest BCUT2D eigenvalue weighted by atomic mass is 9.98. The van der Waals surface area contributed by atoms with E-state index in [9.17, 15) is 35.5 Å². The summed E-state index contributed by atoms with van der Waals surface area (Å²) in [5.74, 6) is -4.57. The summed E-state index contributed by atoms with van der Waals surface area (Å²) in [6.45, 7) is 0. The molecule has 1 atom stereocenters. The number of nitrogens with two attached hydrogens (primary N) is 1. The van der Waals surface area contributed by atoms with E-state index in [2.05, 4.69) is 25.3 Å². The Morgan fingerprint density at radius 1 is 1.11 bits per heavy atom. The molecule has 2 aromatic carbocycles. The number of fused-ring (bicyclic) bond motifs is 1. The summed E-state index contributed by atoms with van der Waals surface area (Å²) in [5, 5.41) is 12.6. The molecule has 1 aliphatic rings. The van der Waals surface area contributed by atoms with Gasteiger partial charge in [0.25, 0.3) is 0 Å². The van der Waals surface area contributed by atoms with E-state index < -0.39 is 41.5 Å². The third kappa shape index (κ3) is 6.78. The van der Waals surface area contributed by atoms with Crippen molar-refractivity contribution in [2.75, 3.05) is 5.32 Å². The maximum absolute atomic E-state index is 14.6. The number of carboxylic acid groups (broad SMARTS) is 1. The molecule has 0 saturated carbocycles. The van der Waals surface area contributed by atoms with Crippen LogP contribution in [-0.2, 0) is 10.5 Å². The van der Waals surface area contributed by atoms with Crippen LogP contribution in [0.4, 0.5) is 36.4 Å². The maximum atomic E-state index is 14.6. The number of aliphatic carboxylic acids is 1. The Labute approximate surface area is 200 Å². The first kappa shape index (κ1) is 27.1. The number of hydrogen-bond acceptors (Lipinski definition) is 8. The summed E-state index contributed by atoms with van der Waals surface area (Å²) in [5.41, 5.74) is 5.63. The number of nitrogens with one attached hydrogen (secondary N) is 3. The smallest absolute Gasteiger partial charge is 0.475 e. The van der Waals surface area contributed by atoms with E-state index in [1.807, 2.05) is 0 Å². The van der Waals surface area contributed by atoms with Crippen molar-refractivity contribution in [1.82, 2.24) is 10.3 Å². The fourth-order valence-corrected chi connectivity index (χ4v) is 2.85. The molecule has 0 bridgehead atoms. The number of aromatic amines is 1. The number of ether oxygens (including phenoxy) is 1. The van der Waals surface area contributed by atoms with Crippen LogP contribution >= 0.6 is 0 Å². The van der Waals surface area contributed by atoms with Gasteiger partial charge in [0.15, 0.2) is 17.1 Å². The summed E-state index contributed by atoms with van der Waals surface area (Å²) in [4.78, 5) is 26.5. The summed E-state index contributed by atoms with van der Waals surface area (Å²) in [6, 6.07) is 9.24. The van der Waals surface area contributed by atoms with Gasteiger partial charge in [0.2, 0.25) is 5.96 Å². The van der Waals surface area contributed by atoms with Gasteiger partial charge in [0.1, 0.15) is 5.75 Å². The number of alkyl halides is 6. The number of guanidine groups is 1. The second kappa shape index (κ2) is 9.84. The molecule has 37 heavy (non-hydrogen) atoms. The molecule has 0 spiro atoms.